The first-order chi connectivity index (χ1) is 10.5. The molecular weight excluding hydrogens is 294 g/mol. The lowest BCUT2D eigenvalue weighted by molar-refractivity contribution is -0.100. The average Bonchev–Trinajstić information content (AvgIpc) is 2.37. The Hall–Kier alpha value is -0.810. The lowest BCUT2D eigenvalue weighted by Gasteiger charge is -2.37. The molecule has 0 atom stereocenters. The summed E-state index contributed by atoms with van der Waals surface area (Å²) in [5, 5.41) is 9.00. The van der Waals surface area contributed by atoms with Gasteiger partial charge in [0.2, 0.25) is 0 Å². The summed E-state index contributed by atoms with van der Waals surface area (Å²) in [5.74, 6) is 0. The second-order valence-electron chi connectivity index (χ2n) is 7.73. The Balaban J connectivity index is 0.00000149. The van der Waals surface area contributed by atoms with Crippen LogP contribution in [0, 0.1) is 0 Å². The van der Waals surface area contributed by atoms with Crippen LogP contribution in [-0.2, 0) is 9.47 Å². The van der Waals surface area contributed by atoms with Gasteiger partial charge in [-0.05, 0) is 53.9 Å². The van der Waals surface area contributed by atoms with Crippen molar-refractivity contribution in [3.8, 4) is 0 Å². The number of hydrogen-bond acceptors (Lipinski definition) is 4. The number of amides is 1. The SMILES string of the molecule is CC(C)(C)OC(=O)N1CCC(OC(C)(C)CCO)CC1.CCC. The molecule has 0 spiro atoms. The highest BCUT2D eigenvalue weighted by Crippen LogP contribution is 2.23. The Labute approximate surface area is 142 Å². The van der Waals surface area contributed by atoms with E-state index in [0.29, 0.717) is 19.5 Å². The average molecular weight is 331 g/mol. The molecule has 1 amide bonds. The van der Waals surface area contributed by atoms with E-state index in [1.165, 1.54) is 6.42 Å². The van der Waals surface area contributed by atoms with Gasteiger partial charge in [0.15, 0.2) is 0 Å². The Kier molecular flexibility index (Phi) is 9.78. The van der Waals surface area contributed by atoms with Crippen molar-refractivity contribution in [3.63, 3.8) is 0 Å². The molecule has 1 rings (SSSR count). The summed E-state index contributed by atoms with van der Waals surface area (Å²) >= 11 is 0. The van der Waals surface area contributed by atoms with Crippen LogP contribution in [0.2, 0.25) is 0 Å². The van der Waals surface area contributed by atoms with Crippen LogP contribution in [-0.4, -0.2) is 53.1 Å². The number of carbonyl (C=O) groups excluding carboxylic acids is 1. The smallest absolute Gasteiger partial charge is 0.410 e. The standard InChI is InChI=1S/C15H29NO4.C3H8/c1-14(2,3)20-13(18)16-9-6-12(7-10-16)19-15(4,5)8-11-17;1-3-2/h12,17H,6-11H2,1-5H3;3H2,1-2H3. The van der Waals surface area contributed by atoms with E-state index in [-0.39, 0.29) is 24.4 Å². The number of nitrogens with zero attached hydrogens (tertiary/aromatic N) is 1. The molecule has 5 heteroatoms. The third-order valence-corrected chi connectivity index (χ3v) is 3.29. The second kappa shape index (κ2) is 10.1. The number of carbonyl (C=O) groups is 1. The van der Waals surface area contributed by atoms with E-state index in [9.17, 15) is 4.79 Å². The maximum absolute atomic E-state index is 11.9. The summed E-state index contributed by atoms with van der Waals surface area (Å²) in [6.45, 7) is 15.3. The van der Waals surface area contributed by atoms with Gasteiger partial charge in [0.1, 0.15) is 5.60 Å². The molecule has 138 valence electrons. The third-order valence-electron chi connectivity index (χ3n) is 3.29. The van der Waals surface area contributed by atoms with Gasteiger partial charge in [-0.15, -0.1) is 0 Å². The van der Waals surface area contributed by atoms with Crippen LogP contribution in [0.15, 0.2) is 0 Å². The van der Waals surface area contributed by atoms with Gasteiger partial charge in [-0.2, -0.15) is 0 Å². The van der Waals surface area contributed by atoms with Gasteiger partial charge in [-0.1, -0.05) is 20.3 Å². The predicted octanol–water partition coefficient (Wildman–Crippen LogP) is 3.98. The first-order valence-corrected chi connectivity index (χ1v) is 8.81. The van der Waals surface area contributed by atoms with Crippen molar-refractivity contribution in [1.82, 2.24) is 4.90 Å². The Morgan fingerprint density at radius 3 is 2.00 bits per heavy atom. The minimum absolute atomic E-state index is 0.129. The molecule has 1 aliphatic heterocycles. The maximum atomic E-state index is 11.9. The summed E-state index contributed by atoms with van der Waals surface area (Å²) in [5.41, 5.74) is -0.763. The monoisotopic (exact) mass is 331 g/mol. The summed E-state index contributed by atoms with van der Waals surface area (Å²) in [7, 11) is 0. The van der Waals surface area contributed by atoms with E-state index < -0.39 is 5.60 Å². The molecule has 0 aromatic rings. The van der Waals surface area contributed by atoms with Crippen LogP contribution in [0.4, 0.5) is 4.79 Å². The summed E-state index contributed by atoms with van der Waals surface area (Å²) in [4.78, 5) is 13.7. The molecule has 1 saturated heterocycles. The minimum Gasteiger partial charge on any atom is -0.444 e. The highest BCUT2D eigenvalue weighted by Gasteiger charge is 2.30. The fraction of sp³-hybridized carbons (Fsp3) is 0.944. The highest BCUT2D eigenvalue weighted by molar-refractivity contribution is 5.68. The van der Waals surface area contributed by atoms with Crippen molar-refractivity contribution in [3.05, 3.63) is 0 Å². The molecule has 0 bridgehead atoms. The van der Waals surface area contributed by atoms with E-state index in [2.05, 4.69) is 13.8 Å². The Morgan fingerprint density at radius 2 is 1.61 bits per heavy atom. The summed E-state index contributed by atoms with van der Waals surface area (Å²) in [6.07, 6.45) is 3.40. The number of likely N-dealkylation sites (tertiary alicyclic amines) is 1. The van der Waals surface area contributed by atoms with Crippen molar-refractivity contribution in [2.24, 2.45) is 0 Å². The molecule has 0 radical (unpaired) electrons. The number of aliphatic hydroxyl groups is 1. The molecule has 0 aromatic carbocycles. The topological polar surface area (TPSA) is 59.0 Å². The van der Waals surface area contributed by atoms with Gasteiger partial charge >= 0.3 is 6.09 Å². The predicted molar refractivity (Wildman–Crippen MR) is 93.7 cm³/mol. The van der Waals surface area contributed by atoms with Crippen molar-refractivity contribution < 1.29 is 19.4 Å². The molecular formula is C18H37NO4. The molecule has 0 aromatic heterocycles. The zero-order valence-corrected chi connectivity index (χ0v) is 16.1. The van der Waals surface area contributed by atoms with Crippen LogP contribution in [0.1, 0.15) is 74.1 Å². The molecule has 0 saturated carbocycles. The second-order valence-corrected chi connectivity index (χ2v) is 7.73. The van der Waals surface area contributed by atoms with E-state index in [1.54, 1.807) is 4.90 Å². The van der Waals surface area contributed by atoms with Gasteiger partial charge in [0, 0.05) is 19.7 Å². The number of aliphatic hydroxyl groups excluding tert-OH is 1. The zero-order chi connectivity index (χ0) is 18.1. The number of hydrogen-bond donors (Lipinski definition) is 1. The largest absolute Gasteiger partial charge is 0.444 e. The van der Waals surface area contributed by atoms with Crippen LogP contribution >= 0.6 is 0 Å². The number of rotatable bonds is 4. The molecule has 1 N–H and O–H groups in total. The zero-order valence-electron chi connectivity index (χ0n) is 16.1. The third kappa shape index (κ3) is 10.6. The molecule has 23 heavy (non-hydrogen) atoms. The summed E-state index contributed by atoms with van der Waals surface area (Å²) in [6, 6.07) is 0. The number of piperidine rings is 1. The van der Waals surface area contributed by atoms with Crippen molar-refractivity contribution in [2.75, 3.05) is 19.7 Å². The Bertz CT molecular complexity index is 328. The molecule has 1 aliphatic rings. The first-order valence-electron chi connectivity index (χ1n) is 8.81. The maximum Gasteiger partial charge on any atom is 0.410 e. The molecule has 1 fully saturated rings. The summed E-state index contributed by atoms with van der Waals surface area (Å²) < 4.78 is 11.4. The quantitative estimate of drug-likeness (QED) is 0.846. The van der Waals surface area contributed by atoms with Crippen LogP contribution in [0.5, 0.6) is 0 Å². The highest BCUT2D eigenvalue weighted by atomic mass is 16.6. The van der Waals surface area contributed by atoms with E-state index in [1.807, 2.05) is 34.6 Å². The van der Waals surface area contributed by atoms with Crippen molar-refractivity contribution in [2.45, 2.75) is 91.5 Å². The molecule has 1 heterocycles. The lowest BCUT2D eigenvalue weighted by Crippen LogP contribution is -2.45. The van der Waals surface area contributed by atoms with Gasteiger partial charge in [-0.3, -0.25) is 0 Å². The van der Waals surface area contributed by atoms with E-state index in [0.717, 1.165) is 12.8 Å². The van der Waals surface area contributed by atoms with E-state index in [4.69, 9.17) is 14.6 Å². The Morgan fingerprint density at radius 1 is 1.13 bits per heavy atom. The number of ether oxygens (including phenoxy) is 2. The lowest BCUT2D eigenvalue weighted by atomic mass is 10.0. The molecule has 5 nitrogen and oxygen atoms in total. The van der Waals surface area contributed by atoms with E-state index >= 15 is 0 Å². The van der Waals surface area contributed by atoms with Crippen LogP contribution < -0.4 is 0 Å². The van der Waals surface area contributed by atoms with Crippen molar-refractivity contribution in [1.29, 1.82) is 0 Å². The normalized spacial score (nSPS) is 16.6. The van der Waals surface area contributed by atoms with Gasteiger partial charge in [0.25, 0.3) is 0 Å². The first kappa shape index (κ1) is 22.2. The minimum atomic E-state index is -0.451. The van der Waals surface area contributed by atoms with Gasteiger partial charge in [0.05, 0.1) is 11.7 Å². The van der Waals surface area contributed by atoms with Crippen LogP contribution in [0.3, 0.4) is 0 Å². The molecule has 0 aliphatic carbocycles. The van der Waals surface area contributed by atoms with Gasteiger partial charge in [-0.25, -0.2) is 4.79 Å². The van der Waals surface area contributed by atoms with Crippen molar-refractivity contribution >= 4 is 6.09 Å². The van der Waals surface area contributed by atoms with Gasteiger partial charge < -0.3 is 19.5 Å². The molecule has 0 unspecified atom stereocenters. The van der Waals surface area contributed by atoms with Crippen LogP contribution in [0.25, 0.3) is 0 Å². The fourth-order valence-electron chi connectivity index (χ4n) is 2.26. The fourth-order valence-corrected chi connectivity index (χ4v) is 2.26.